The Bertz CT molecular complexity index is 548. The summed E-state index contributed by atoms with van der Waals surface area (Å²) >= 11 is 0. The van der Waals surface area contributed by atoms with Crippen molar-refractivity contribution in [2.45, 2.75) is 6.42 Å². The van der Waals surface area contributed by atoms with Gasteiger partial charge in [0.25, 0.3) is 0 Å². The fourth-order valence-electron chi connectivity index (χ4n) is 1.90. The van der Waals surface area contributed by atoms with Gasteiger partial charge in [-0.1, -0.05) is 18.2 Å². The topological polar surface area (TPSA) is 95.9 Å². The van der Waals surface area contributed by atoms with Crippen molar-refractivity contribution in [1.29, 1.82) is 0 Å². The third-order valence-electron chi connectivity index (χ3n) is 2.91. The van der Waals surface area contributed by atoms with Gasteiger partial charge in [-0.3, -0.25) is 4.79 Å². The molecule has 8 heteroatoms. The van der Waals surface area contributed by atoms with Crippen LogP contribution >= 0.6 is 0 Å². The molecule has 124 valence electrons. The van der Waals surface area contributed by atoms with Gasteiger partial charge >= 0.3 is 5.97 Å². The lowest BCUT2D eigenvalue weighted by Crippen LogP contribution is -2.38. The van der Waals surface area contributed by atoms with Crippen LogP contribution in [0.15, 0.2) is 30.3 Å². The quantitative estimate of drug-likeness (QED) is 0.575. The van der Waals surface area contributed by atoms with Gasteiger partial charge in [0.15, 0.2) is 0 Å². The molecule has 0 aliphatic carbocycles. The maximum Gasteiger partial charge on any atom is 0.323 e. The number of carboxylic acids is 1. The number of nitrogens with one attached hydrogen (secondary N) is 1. The van der Waals surface area contributed by atoms with Gasteiger partial charge in [0.2, 0.25) is 10.0 Å². The highest BCUT2D eigenvalue weighted by Gasteiger charge is 2.13. The summed E-state index contributed by atoms with van der Waals surface area (Å²) in [7, 11) is -1.85. The molecule has 0 amide bonds. The van der Waals surface area contributed by atoms with Crippen LogP contribution in [0.25, 0.3) is 0 Å². The molecular weight excluding hydrogens is 308 g/mol. The zero-order valence-electron chi connectivity index (χ0n) is 12.6. The number of nitrogens with zero attached hydrogens (tertiary/aromatic N) is 1. The van der Waals surface area contributed by atoms with E-state index in [2.05, 4.69) is 4.72 Å². The van der Waals surface area contributed by atoms with Crippen LogP contribution in [0, 0.1) is 0 Å². The number of carbonyl (C=O) groups is 1. The van der Waals surface area contributed by atoms with Crippen LogP contribution < -0.4 is 9.62 Å². The maximum atomic E-state index is 11.7. The van der Waals surface area contributed by atoms with Gasteiger partial charge in [-0.2, -0.15) is 0 Å². The molecule has 0 aliphatic rings. The highest BCUT2D eigenvalue weighted by molar-refractivity contribution is 7.89. The molecule has 2 N–H and O–H groups in total. The Morgan fingerprint density at radius 3 is 2.59 bits per heavy atom. The van der Waals surface area contributed by atoms with Crippen LogP contribution in [0.5, 0.6) is 0 Å². The monoisotopic (exact) mass is 330 g/mol. The van der Waals surface area contributed by atoms with Crippen molar-refractivity contribution < 1.29 is 23.1 Å². The Morgan fingerprint density at radius 2 is 2.00 bits per heavy atom. The zero-order chi connectivity index (χ0) is 16.4. The van der Waals surface area contributed by atoms with Crippen molar-refractivity contribution in [2.75, 3.05) is 44.0 Å². The van der Waals surface area contributed by atoms with Crippen LogP contribution in [-0.4, -0.2) is 58.6 Å². The second-order valence-electron chi connectivity index (χ2n) is 4.71. The zero-order valence-corrected chi connectivity index (χ0v) is 13.4. The Kier molecular flexibility index (Phi) is 7.86. The number of sulfonamides is 1. The first-order valence-electron chi connectivity index (χ1n) is 6.92. The molecule has 0 spiro atoms. The number of ether oxygens (including phenoxy) is 1. The molecule has 1 aromatic carbocycles. The first-order chi connectivity index (χ1) is 10.4. The summed E-state index contributed by atoms with van der Waals surface area (Å²) in [5.74, 6) is -0.975. The fraction of sp³-hybridized carbons (Fsp3) is 0.500. The van der Waals surface area contributed by atoms with Crippen molar-refractivity contribution in [3.8, 4) is 0 Å². The van der Waals surface area contributed by atoms with Gasteiger partial charge in [-0.25, -0.2) is 13.1 Å². The lowest BCUT2D eigenvalue weighted by molar-refractivity contribution is -0.135. The van der Waals surface area contributed by atoms with Crippen molar-refractivity contribution in [2.24, 2.45) is 0 Å². The van der Waals surface area contributed by atoms with Gasteiger partial charge < -0.3 is 14.7 Å². The average Bonchev–Trinajstić information content (AvgIpc) is 2.47. The number of benzene rings is 1. The van der Waals surface area contributed by atoms with Crippen molar-refractivity contribution in [1.82, 2.24) is 4.72 Å². The van der Waals surface area contributed by atoms with Gasteiger partial charge in [0.1, 0.15) is 6.54 Å². The number of para-hydroxylation sites is 1. The Labute approximate surface area is 130 Å². The summed E-state index contributed by atoms with van der Waals surface area (Å²) in [6.07, 6.45) is 0.420. The van der Waals surface area contributed by atoms with Crippen LogP contribution in [0.2, 0.25) is 0 Å². The van der Waals surface area contributed by atoms with Gasteiger partial charge in [0, 0.05) is 32.5 Å². The van der Waals surface area contributed by atoms with Crippen LogP contribution in [0.1, 0.15) is 6.42 Å². The summed E-state index contributed by atoms with van der Waals surface area (Å²) in [5.41, 5.74) is 0.739. The minimum atomic E-state index is -3.36. The lowest BCUT2D eigenvalue weighted by atomic mass is 10.3. The Balaban J connectivity index is 2.52. The Morgan fingerprint density at radius 1 is 1.32 bits per heavy atom. The molecule has 0 aliphatic heterocycles. The van der Waals surface area contributed by atoms with Crippen molar-refractivity contribution in [3.05, 3.63) is 30.3 Å². The molecule has 0 saturated carbocycles. The first kappa shape index (κ1) is 18.4. The van der Waals surface area contributed by atoms with E-state index in [1.54, 1.807) is 29.2 Å². The van der Waals surface area contributed by atoms with Gasteiger partial charge in [0.05, 0.1) is 5.75 Å². The largest absolute Gasteiger partial charge is 0.480 e. The second kappa shape index (κ2) is 9.39. The molecule has 0 radical (unpaired) electrons. The summed E-state index contributed by atoms with van der Waals surface area (Å²) < 4.78 is 30.8. The minimum Gasteiger partial charge on any atom is -0.480 e. The predicted molar refractivity (Wildman–Crippen MR) is 84.6 cm³/mol. The number of anilines is 1. The van der Waals surface area contributed by atoms with E-state index in [1.807, 2.05) is 6.07 Å². The molecule has 0 unspecified atom stereocenters. The summed E-state index contributed by atoms with van der Waals surface area (Å²) in [4.78, 5) is 12.5. The number of hydrogen-bond donors (Lipinski definition) is 2. The smallest absolute Gasteiger partial charge is 0.323 e. The van der Waals surface area contributed by atoms with Crippen LogP contribution in [0.3, 0.4) is 0 Å². The molecule has 0 bridgehead atoms. The molecule has 7 nitrogen and oxygen atoms in total. The third kappa shape index (κ3) is 7.39. The van der Waals surface area contributed by atoms with E-state index in [9.17, 15) is 13.2 Å². The van der Waals surface area contributed by atoms with E-state index in [1.165, 1.54) is 7.11 Å². The molecule has 22 heavy (non-hydrogen) atoms. The normalized spacial score (nSPS) is 11.3. The second-order valence-corrected chi connectivity index (χ2v) is 6.64. The number of rotatable bonds is 11. The number of carboxylic acid groups (broad SMARTS) is 1. The van der Waals surface area contributed by atoms with Crippen molar-refractivity contribution in [3.63, 3.8) is 0 Å². The maximum absolute atomic E-state index is 11.7. The molecule has 0 aromatic heterocycles. The van der Waals surface area contributed by atoms with E-state index in [0.29, 0.717) is 13.0 Å². The molecule has 0 saturated heterocycles. The van der Waals surface area contributed by atoms with Crippen LogP contribution in [0.4, 0.5) is 5.69 Å². The molecule has 0 atom stereocenters. The molecule has 0 heterocycles. The summed E-state index contributed by atoms with van der Waals surface area (Å²) in [5, 5.41) is 8.95. The highest BCUT2D eigenvalue weighted by Crippen LogP contribution is 2.12. The van der Waals surface area contributed by atoms with Gasteiger partial charge in [-0.15, -0.1) is 0 Å². The van der Waals surface area contributed by atoms with E-state index in [4.69, 9.17) is 9.84 Å². The van der Waals surface area contributed by atoms with E-state index in [-0.39, 0.29) is 25.4 Å². The number of methoxy groups -OCH3 is 1. The summed E-state index contributed by atoms with van der Waals surface area (Å²) in [6.45, 7) is 0.628. The number of aliphatic carboxylic acids is 1. The van der Waals surface area contributed by atoms with Crippen molar-refractivity contribution >= 4 is 21.7 Å². The first-order valence-corrected chi connectivity index (χ1v) is 8.58. The standard InChI is InChI=1S/C14H22N2O5S/c1-21-10-5-11-22(19,20)15-8-9-16(12-14(17)18)13-6-3-2-4-7-13/h2-4,6-7,15H,5,8-12H2,1H3,(H,17,18). The van der Waals surface area contributed by atoms with E-state index >= 15 is 0 Å². The van der Waals surface area contributed by atoms with Crippen LogP contribution in [-0.2, 0) is 19.6 Å². The number of hydrogen-bond acceptors (Lipinski definition) is 5. The van der Waals surface area contributed by atoms with Gasteiger partial charge in [-0.05, 0) is 18.6 Å². The van der Waals surface area contributed by atoms with E-state index in [0.717, 1.165) is 5.69 Å². The molecular formula is C14H22N2O5S. The highest BCUT2D eigenvalue weighted by atomic mass is 32.2. The molecule has 1 rings (SSSR count). The molecule has 1 aromatic rings. The fourth-order valence-corrected chi connectivity index (χ4v) is 2.95. The predicted octanol–water partition coefficient (Wildman–Crippen LogP) is 0.534. The average molecular weight is 330 g/mol. The third-order valence-corrected chi connectivity index (χ3v) is 4.38. The van der Waals surface area contributed by atoms with E-state index < -0.39 is 16.0 Å². The summed E-state index contributed by atoms with van der Waals surface area (Å²) in [6, 6.07) is 9.02. The molecule has 0 fully saturated rings. The Hall–Kier alpha value is -1.64. The lowest BCUT2D eigenvalue weighted by Gasteiger charge is -2.23. The SMILES string of the molecule is COCCCS(=O)(=O)NCCN(CC(=O)O)c1ccccc1. The minimum absolute atomic E-state index is 0.00882.